The lowest BCUT2D eigenvalue weighted by atomic mass is 9.85. The Morgan fingerprint density at radius 1 is 1.24 bits per heavy atom. The minimum absolute atomic E-state index is 0.0652. The fraction of sp³-hybridized carbons (Fsp3) is 0.524. The van der Waals surface area contributed by atoms with Crippen LogP contribution in [0.4, 0.5) is 5.13 Å². The van der Waals surface area contributed by atoms with E-state index in [-0.39, 0.29) is 17.9 Å². The number of hydrogen-bond donors (Lipinski definition) is 2. The van der Waals surface area contributed by atoms with Crippen LogP contribution in [0.2, 0.25) is 0 Å². The Morgan fingerprint density at radius 3 is 2.76 bits per heavy atom. The molecular formula is C21H28N6OS. The molecule has 3 aromatic rings. The van der Waals surface area contributed by atoms with Crippen molar-refractivity contribution in [1.82, 2.24) is 25.1 Å². The number of nitrogens with zero attached hydrogens (tertiary/aromatic N) is 4. The van der Waals surface area contributed by atoms with Gasteiger partial charge >= 0.3 is 0 Å². The Labute approximate surface area is 174 Å². The molecule has 8 heteroatoms. The summed E-state index contributed by atoms with van der Waals surface area (Å²) in [5, 5.41) is 12.0. The average Bonchev–Trinajstić information content (AvgIpc) is 3.38. The number of amides is 1. The van der Waals surface area contributed by atoms with Crippen LogP contribution in [0.25, 0.3) is 10.2 Å². The SMILES string of the molecule is CCC(NC(=O)C1CCC(Nc2nc3ccccc3s2)CC1)c1ncnn1CC. The van der Waals surface area contributed by atoms with Gasteiger partial charge in [0, 0.05) is 18.5 Å². The fourth-order valence-electron chi connectivity index (χ4n) is 4.03. The molecule has 154 valence electrons. The number of fused-ring (bicyclic) bond motifs is 1. The van der Waals surface area contributed by atoms with E-state index in [1.54, 1.807) is 17.7 Å². The predicted octanol–water partition coefficient (Wildman–Crippen LogP) is 4.15. The van der Waals surface area contributed by atoms with E-state index in [1.165, 1.54) is 4.70 Å². The molecule has 1 amide bonds. The number of rotatable bonds is 7. The van der Waals surface area contributed by atoms with Gasteiger partial charge in [-0.1, -0.05) is 30.4 Å². The first-order valence-corrected chi connectivity index (χ1v) is 11.3. The monoisotopic (exact) mass is 412 g/mol. The van der Waals surface area contributed by atoms with E-state index in [9.17, 15) is 4.79 Å². The zero-order chi connectivity index (χ0) is 20.2. The Morgan fingerprint density at radius 2 is 2.03 bits per heavy atom. The highest BCUT2D eigenvalue weighted by molar-refractivity contribution is 7.22. The van der Waals surface area contributed by atoms with Crippen molar-refractivity contribution in [2.75, 3.05) is 5.32 Å². The number of nitrogens with one attached hydrogen (secondary N) is 2. The van der Waals surface area contributed by atoms with Crippen molar-refractivity contribution in [2.24, 2.45) is 5.92 Å². The van der Waals surface area contributed by atoms with E-state index >= 15 is 0 Å². The van der Waals surface area contributed by atoms with Gasteiger partial charge in [-0.2, -0.15) is 5.10 Å². The van der Waals surface area contributed by atoms with Gasteiger partial charge in [0.25, 0.3) is 0 Å². The fourth-order valence-corrected chi connectivity index (χ4v) is 4.98. The molecule has 4 rings (SSSR count). The topological polar surface area (TPSA) is 84.7 Å². The smallest absolute Gasteiger partial charge is 0.223 e. The lowest BCUT2D eigenvalue weighted by Gasteiger charge is -2.29. The number of benzene rings is 1. The summed E-state index contributed by atoms with van der Waals surface area (Å²) in [4.78, 5) is 21.9. The lowest BCUT2D eigenvalue weighted by Crippen LogP contribution is -2.38. The third-order valence-corrected chi connectivity index (χ3v) is 6.67. The average molecular weight is 413 g/mol. The van der Waals surface area contributed by atoms with Gasteiger partial charge in [0.1, 0.15) is 12.2 Å². The molecule has 29 heavy (non-hydrogen) atoms. The molecule has 2 aromatic heterocycles. The van der Waals surface area contributed by atoms with Crippen LogP contribution in [0.3, 0.4) is 0 Å². The van der Waals surface area contributed by atoms with Crippen molar-refractivity contribution in [3.05, 3.63) is 36.4 Å². The van der Waals surface area contributed by atoms with E-state index < -0.39 is 0 Å². The second-order valence-electron chi connectivity index (χ2n) is 7.58. The Bertz CT molecular complexity index is 926. The number of aryl methyl sites for hydroxylation is 1. The van der Waals surface area contributed by atoms with Crippen molar-refractivity contribution >= 4 is 32.6 Å². The maximum atomic E-state index is 12.8. The first-order valence-electron chi connectivity index (χ1n) is 10.5. The van der Waals surface area contributed by atoms with Crippen LogP contribution in [0, 0.1) is 5.92 Å². The molecule has 0 aliphatic heterocycles. The van der Waals surface area contributed by atoms with E-state index in [0.29, 0.717) is 6.04 Å². The molecule has 0 spiro atoms. The summed E-state index contributed by atoms with van der Waals surface area (Å²) in [5.41, 5.74) is 1.04. The minimum atomic E-state index is -0.0800. The molecule has 7 nitrogen and oxygen atoms in total. The van der Waals surface area contributed by atoms with E-state index in [2.05, 4.69) is 38.7 Å². The first-order chi connectivity index (χ1) is 14.2. The number of thiazole rings is 1. The Kier molecular flexibility index (Phi) is 6.08. The lowest BCUT2D eigenvalue weighted by molar-refractivity contribution is -0.126. The van der Waals surface area contributed by atoms with Crippen molar-refractivity contribution in [1.29, 1.82) is 0 Å². The molecular weight excluding hydrogens is 384 g/mol. The van der Waals surface area contributed by atoms with Crippen molar-refractivity contribution in [3.63, 3.8) is 0 Å². The third kappa shape index (κ3) is 4.42. The van der Waals surface area contributed by atoms with Crippen LogP contribution in [-0.2, 0) is 11.3 Å². The second kappa shape index (κ2) is 8.90. The van der Waals surface area contributed by atoms with Gasteiger partial charge < -0.3 is 10.6 Å². The zero-order valence-corrected chi connectivity index (χ0v) is 17.8. The van der Waals surface area contributed by atoms with Gasteiger partial charge in [0.05, 0.1) is 16.3 Å². The van der Waals surface area contributed by atoms with Gasteiger partial charge in [0.15, 0.2) is 5.13 Å². The number of aromatic nitrogens is 4. The van der Waals surface area contributed by atoms with Crippen molar-refractivity contribution < 1.29 is 4.79 Å². The van der Waals surface area contributed by atoms with Crippen LogP contribution >= 0.6 is 11.3 Å². The van der Waals surface area contributed by atoms with E-state index in [0.717, 1.165) is 55.1 Å². The summed E-state index contributed by atoms with van der Waals surface area (Å²) < 4.78 is 3.06. The van der Waals surface area contributed by atoms with Crippen LogP contribution in [0.15, 0.2) is 30.6 Å². The van der Waals surface area contributed by atoms with E-state index in [4.69, 9.17) is 0 Å². The number of para-hydroxylation sites is 1. The third-order valence-electron chi connectivity index (χ3n) is 5.70. The van der Waals surface area contributed by atoms with Crippen LogP contribution in [0.1, 0.15) is 57.8 Å². The molecule has 1 aliphatic rings. The highest BCUT2D eigenvalue weighted by Gasteiger charge is 2.29. The zero-order valence-electron chi connectivity index (χ0n) is 17.0. The molecule has 2 N–H and O–H groups in total. The standard InChI is InChI=1S/C21H28N6OS/c1-3-16(19-22-13-23-27(19)4-2)25-20(28)14-9-11-15(12-10-14)24-21-26-17-7-5-6-8-18(17)29-21/h5-8,13-16H,3-4,9-12H2,1-2H3,(H,24,26)(H,25,28). The first kappa shape index (κ1) is 19.8. The Hall–Kier alpha value is -2.48. The highest BCUT2D eigenvalue weighted by Crippen LogP contribution is 2.31. The number of carbonyl (C=O) groups excluding carboxylic acids is 1. The normalized spacial score (nSPS) is 20.5. The van der Waals surface area contributed by atoms with Crippen molar-refractivity contribution in [3.8, 4) is 0 Å². The molecule has 0 saturated heterocycles. The molecule has 1 fully saturated rings. The second-order valence-corrected chi connectivity index (χ2v) is 8.61. The summed E-state index contributed by atoms with van der Waals surface area (Å²) in [7, 11) is 0. The number of carbonyl (C=O) groups is 1. The highest BCUT2D eigenvalue weighted by atomic mass is 32.1. The summed E-state index contributed by atoms with van der Waals surface area (Å²) in [6, 6.07) is 8.50. The summed E-state index contributed by atoms with van der Waals surface area (Å²) in [6.07, 6.45) is 6.12. The summed E-state index contributed by atoms with van der Waals surface area (Å²) in [6.45, 7) is 4.86. The van der Waals surface area contributed by atoms with Gasteiger partial charge in [-0.05, 0) is 51.2 Å². The van der Waals surface area contributed by atoms with Crippen LogP contribution < -0.4 is 10.6 Å². The van der Waals surface area contributed by atoms with Crippen molar-refractivity contribution in [2.45, 2.75) is 64.6 Å². The predicted molar refractivity (Wildman–Crippen MR) is 116 cm³/mol. The molecule has 2 heterocycles. The quantitative estimate of drug-likeness (QED) is 0.609. The molecule has 0 bridgehead atoms. The molecule has 1 aromatic carbocycles. The number of hydrogen-bond acceptors (Lipinski definition) is 6. The maximum Gasteiger partial charge on any atom is 0.223 e. The molecule has 1 aliphatic carbocycles. The molecule has 1 atom stereocenters. The Balaban J connectivity index is 1.31. The summed E-state index contributed by atoms with van der Waals surface area (Å²) >= 11 is 1.69. The van der Waals surface area contributed by atoms with Gasteiger partial charge in [-0.15, -0.1) is 0 Å². The van der Waals surface area contributed by atoms with Gasteiger partial charge in [-0.3, -0.25) is 4.79 Å². The summed E-state index contributed by atoms with van der Waals surface area (Å²) in [5.74, 6) is 1.05. The van der Waals surface area contributed by atoms with E-state index in [1.807, 2.05) is 29.8 Å². The van der Waals surface area contributed by atoms with Crippen LogP contribution in [0.5, 0.6) is 0 Å². The molecule has 0 radical (unpaired) electrons. The van der Waals surface area contributed by atoms with Gasteiger partial charge in [-0.25, -0.2) is 14.6 Å². The molecule has 1 unspecified atom stereocenters. The maximum absolute atomic E-state index is 12.8. The number of anilines is 1. The van der Waals surface area contributed by atoms with Gasteiger partial charge in [0.2, 0.25) is 5.91 Å². The molecule has 1 saturated carbocycles. The largest absolute Gasteiger partial charge is 0.359 e. The van der Waals surface area contributed by atoms with Crippen LogP contribution in [-0.4, -0.2) is 31.7 Å². The minimum Gasteiger partial charge on any atom is -0.359 e.